The molecule has 1 amide bonds. The topological polar surface area (TPSA) is 66.6 Å². The molecule has 0 unspecified atom stereocenters. The molecule has 0 spiro atoms. The first-order chi connectivity index (χ1) is 16.9. The first-order valence-electron chi connectivity index (χ1n) is 12.0. The van der Waals surface area contributed by atoms with Gasteiger partial charge in [-0.3, -0.25) is 9.69 Å². The fourth-order valence-electron chi connectivity index (χ4n) is 4.64. The summed E-state index contributed by atoms with van der Waals surface area (Å²) in [5, 5.41) is 14.4. The number of hydrogen-bond donors (Lipinski definition) is 0. The van der Waals surface area contributed by atoms with Gasteiger partial charge in [-0.25, -0.2) is 4.52 Å². The molecule has 8 heteroatoms. The average molecular weight is 489 g/mol. The van der Waals surface area contributed by atoms with Crippen LogP contribution >= 0.6 is 11.6 Å². The quantitative estimate of drug-likeness (QED) is 0.402. The molecular formula is C27H29ClN6O. The number of benzene rings is 2. The van der Waals surface area contributed by atoms with Crippen molar-refractivity contribution in [3.05, 3.63) is 82.3 Å². The molecule has 35 heavy (non-hydrogen) atoms. The van der Waals surface area contributed by atoms with Gasteiger partial charge < -0.3 is 4.90 Å². The van der Waals surface area contributed by atoms with E-state index in [0.717, 1.165) is 36.5 Å². The molecule has 2 aromatic carbocycles. The summed E-state index contributed by atoms with van der Waals surface area (Å²) in [7, 11) is 0. The second-order valence-electron chi connectivity index (χ2n) is 9.35. The van der Waals surface area contributed by atoms with Crippen molar-refractivity contribution in [2.45, 2.75) is 33.2 Å². The van der Waals surface area contributed by atoms with Crippen LogP contribution in [0.2, 0.25) is 5.02 Å². The van der Waals surface area contributed by atoms with Gasteiger partial charge in [0.15, 0.2) is 11.3 Å². The highest BCUT2D eigenvalue weighted by molar-refractivity contribution is 6.30. The van der Waals surface area contributed by atoms with Gasteiger partial charge in [0.25, 0.3) is 5.91 Å². The maximum Gasteiger partial charge on any atom is 0.276 e. The number of hydrogen-bond acceptors (Lipinski definition) is 5. The summed E-state index contributed by atoms with van der Waals surface area (Å²) in [6.07, 6.45) is 0. The van der Waals surface area contributed by atoms with Crippen molar-refractivity contribution in [2.75, 3.05) is 26.2 Å². The smallest absolute Gasteiger partial charge is 0.276 e. The van der Waals surface area contributed by atoms with E-state index in [-0.39, 0.29) is 11.8 Å². The van der Waals surface area contributed by atoms with Gasteiger partial charge in [0.05, 0.1) is 17.0 Å². The minimum absolute atomic E-state index is 0.0952. The van der Waals surface area contributed by atoms with E-state index in [0.29, 0.717) is 35.1 Å². The zero-order chi connectivity index (χ0) is 24.5. The van der Waals surface area contributed by atoms with Crippen LogP contribution in [-0.4, -0.2) is 61.7 Å². The minimum atomic E-state index is -0.0952. The van der Waals surface area contributed by atoms with Crippen LogP contribution in [0.25, 0.3) is 16.8 Å². The van der Waals surface area contributed by atoms with Crippen molar-refractivity contribution in [1.29, 1.82) is 0 Å². The molecule has 1 aliphatic heterocycles. The van der Waals surface area contributed by atoms with Gasteiger partial charge in [-0.1, -0.05) is 67.9 Å². The van der Waals surface area contributed by atoms with Crippen LogP contribution in [-0.2, 0) is 6.54 Å². The predicted octanol–water partition coefficient (Wildman–Crippen LogP) is 4.83. The predicted molar refractivity (Wildman–Crippen MR) is 138 cm³/mol. The first kappa shape index (κ1) is 23.5. The van der Waals surface area contributed by atoms with Crippen LogP contribution in [0.5, 0.6) is 0 Å². The normalized spacial score (nSPS) is 14.7. The van der Waals surface area contributed by atoms with Crippen molar-refractivity contribution in [3.8, 4) is 11.1 Å². The van der Waals surface area contributed by atoms with Crippen LogP contribution in [0.1, 0.15) is 47.2 Å². The van der Waals surface area contributed by atoms with Gasteiger partial charge >= 0.3 is 0 Å². The summed E-state index contributed by atoms with van der Waals surface area (Å²) in [6.45, 7) is 9.95. The Morgan fingerprint density at radius 1 is 1.00 bits per heavy atom. The third-order valence-corrected chi connectivity index (χ3v) is 6.80. The van der Waals surface area contributed by atoms with Crippen molar-refractivity contribution >= 4 is 23.2 Å². The summed E-state index contributed by atoms with van der Waals surface area (Å²) in [5.41, 5.74) is 5.73. The maximum absolute atomic E-state index is 13.4. The van der Waals surface area contributed by atoms with Crippen molar-refractivity contribution in [1.82, 2.24) is 29.6 Å². The molecule has 2 aromatic heterocycles. The second kappa shape index (κ2) is 9.76. The van der Waals surface area contributed by atoms with Crippen molar-refractivity contribution in [2.24, 2.45) is 0 Å². The Kier molecular flexibility index (Phi) is 6.54. The Morgan fingerprint density at radius 2 is 1.74 bits per heavy atom. The van der Waals surface area contributed by atoms with Gasteiger partial charge in [-0.2, -0.15) is 5.10 Å². The third-order valence-electron chi connectivity index (χ3n) is 6.56. The number of carbonyl (C=O) groups is 1. The molecule has 1 aliphatic rings. The molecule has 0 radical (unpaired) electrons. The molecular weight excluding hydrogens is 460 g/mol. The van der Waals surface area contributed by atoms with Crippen molar-refractivity contribution < 1.29 is 4.79 Å². The Labute approximate surface area is 210 Å². The molecule has 0 aliphatic carbocycles. The molecule has 4 aromatic rings. The van der Waals surface area contributed by atoms with E-state index < -0.39 is 0 Å². The van der Waals surface area contributed by atoms with E-state index in [1.807, 2.05) is 42.2 Å². The lowest BCUT2D eigenvalue weighted by atomic mass is 9.99. The lowest BCUT2D eigenvalue weighted by Gasteiger charge is -2.34. The Hall–Kier alpha value is -3.29. The zero-order valence-electron chi connectivity index (χ0n) is 20.3. The van der Waals surface area contributed by atoms with E-state index in [4.69, 9.17) is 16.7 Å². The molecule has 0 N–H and O–H groups in total. The standard InChI is InChI=1S/C27H29ClN6O/c1-18(2)24-23(21-10-7-11-22(28)16-21)26-30-29-25(19(3)34(26)31-24)27(35)33-14-12-32(13-15-33)17-20-8-5-4-6-9-20/h4-11,16,18H,12-15,17H2,1-3H3. The number of carbonyl (C=O) groups excluding carboxylic acids is 1. The first-order valence-corrected chi connectivity index (χ1v) is 12.4. The summed E-state index contributed by atoms with van der Waals surface area (Å²) < 4.78 is 1.76. The van der Waals surface area contributed by atoms with E-state index >= 15 is 0 Å². The Bertz CT molecular complexity index is 1360. The molecule has 1 fully saturated rings. The van der Waals surface area contributed by atoms with Crippen LogP contribution < -0.4 is 0 Å². The number of amides is 1. The second-order valence-corrected chi connectivity index (χ2v) is 9.79. The maximum atomic E-state index is 13.4. The Morgan fingerprint density at radius 3 is 2.43 bits per heavy atom. The molecule has 180 valence electrons. The zero-order valence-corrected chi connectivity index (χ0v) is 21.0. The monoisotopic (exact) mass is 488 g/mol. The molecule has 0 atom stereocenters. The van der Waals surface area contributed by atoms with Gasteiger partial charge in [-0.05, 0) is 36.1 Å². The SMILES string of the molecule is Cc1c(C(=O)N2CCN(Cc3ccccc3)CC2)nnc2c(-c3cccc(Cl)c3)c(C(C)C)nn12. The van der Waals surface area contributed by atoms with E-state index in [1.165, 1.54) is 5.56 Å². The fraction of sp³-hybridized carbons (Fsp3) is 0.333. The minimum Gasteiger partial charge on any atom is -0.335 e. The largest absolute Gasteiger partial charge is 0.335 e. The number of rotatable bonds is 5. The highest BCUT2D eigenvalue weighted by Gasteiger charge is 2.27. The number of halogens is 1. The summed E-state index contributed by atoms with van der Waals surface area (Å²) >= 11 is 6.27. The fourth-order valence-corrected chi connectivity index (χ4v) is 4.84. The number of aromatic nitrogens is 4. The van der Waals surface area contributed by atoms with Crippen LogP contribution in [0.3, 0.4) is 0 Å². The molecule has 1 saturated heterocycles. The lowest BCUT2D eigenvalue weighted by molar-refractivity contribution is 0.0620. The summed E-state index contributed by atoms with van der Waals surface area (Å²) in [6, 6.07) is 18.1. The summed E-state index contributed by atoms with van der Waals surface area (Å²) in [4.78, 5) is 17.7. The van der Waals surface area contributed by atoms with Gasteiger partial charge in [0, 0.05) is 37.7 Å². The Balaban J connectivity index is 1.40. The highest BCUT2D eigenvalue weighted by Crippen LogP contribution is 2.33. The van der Waals surface area contributed by atoms with Crippen LogP contribution in [0.4, 0.5) is 0 Å². The van der Waals surface area contributed by atoms with Crippen LogP contribution in [0, 0.1) is 6.92 Å². The van der Waals surface area contributed by atoms with E-state index in [9.17, 15) is 4.79 Å². The molecule has 5 rings (SSSR count). The number of fused-ring (bicyclic) bond motifs is 1. The van der Waals surface area contributed by atoms with E-state index in [2.05, 4.69) is 53.2 Å². The molecule has 3 heterocycles. The number of piperazine rings is 1. The number of nitrogens with zero attached hydrogens (tertiary/aromatic N) is 6. The molecule has 0 bridgehead atoms. The third kappa shape index (κ3) is 4.66. The van der Waals surface area contributed by atoms with Crippen LogP contribution in [0.15, 0.2) is 54.6 Å². The summed E-state index contributed by atoms with van der Waals surface area (Å²) in [5.74, 6) is 0.0732. The number of aryl methyl sites for hydroxylation is 1. The highest BCUT2D eigenvalue weighted by atomic mass is 35.5. The molecule has 0 saturated carbocycles. The molecule has 7 nitrogen and oxygen atoms in total. The van der Waals surface area contributed by atoms with E-state index in [1.54, 1.807) is 4.52 Å². The van der Waals surface area contributed by atoms with Crippen molar-refractivity contribution in [3.63, 3.8) is 0 Å². The van der Waals surface area contributed by atoms with Gasteiger partial charge in [-0.15, -0.1) is 10.2 Å². The lowest BCUT2D eigenvalue weighted by Crippen LogP contribution is -2.48. The average Bonchev–Trinajstić information content (AvgIpc) is 3.26. The van der Waals surface area contributed by atoms with Gasteiger partial charge in [0.2, 0.25) is 0 Å². The van der Waals surface area contributed by atoms with Gasteiger partial charge in [0.1, 0.15) is 0 Å².